The fraction of sp³-hybridized carbons (Fsp3) is 0.312. The number of alkyl halides is 3. The van der Waals surface area contributed by atoms with Gasteiger partial charge in [0, 0.05) is 0 Å². The lowest BCUT2D eigenvalue weighted by Gasteiger charge is -2.12. The van der Waals surface area contributed by atoms with Gasteiger partial charge in [0.15, 0.2) is 0 Å². The fourth-order valence-electron chi connectivity index (χ4n) is 2.51. The zero-order chi connectivity index (χ0) is 18.4. The molecule has 1 aromatic carbocycles. The molecule has 1 aliphatic carbocycles. The Morgan fingerprint density at radius 1 is 1.32 bits per heavy atom. The number of hydrogen-bond donors (Lipinski definition) is 2. The second kappa shape index (κ2) is 5.61. The molecule has 1 heterocycles. The first kappa shape index (κ1) is 17.0. The summed E-state index contributed by atoms with van der Waals surface area (Å²) in [6.07, 6.45) is -2.59. The minimum Gasteiger partial charge on any atom is -0.480 e. The maximum Gasteiger partial charge on any atom is 0.416 e. The number of benzene rings is 1. The molecule has 1 aromatic heterocycles. The number of carboxylic acid groups (broad SMARTS) is 1. The summed E-state index contributed by atoms with van der Waals surface area (Å²) in [6, 6.07) is 4.57. The number of nitrogens with one attached hydrogen (secondary N) is 1. The zero-order valence-corrected chi connectivity index (χ0v) is 13.1. The average Bonchev–Trinajstić information content (AvgIpc) is 3.21. The van der Waals surface area contributed by atoms with Gasteiger partial charge in [-0.25, -0.2) is 9.48 Å². The summed E-state index contributed by atoms with van der Waals surface area (Å²) in [5, 5.41) is 15.5. The fourth-order valence-corrected chi connectivity index (χ4v) is 2.51. The van der Waals surface area contributed by atoms with Crippen molar-refractivity contribution < 1.29 is 27.9 Å². The van der Waals surface area contributed by atoms with Crippen LogP contribution in [0.1, 0.15) is 34.5 Å². The van der Waals surface area contributed by atoms with E-state index in [1.165, 1.54) is 29.9 Å². The number of hydrogen-bond acceptors (Lipinski definition) is 3. The van der Waals surface area contributed by atoms with Crippen LogP contribution in [-0.2, 0) is 11.0 Å². The summed E-state index contributed by atoms with van der Waals surface area (Å²) in [5.41, 5.74) is -1.48. The number of aromatic nitrogens is 2. The first-order valence-electron chi connectivity index (χ1n) is 7.42. The molecule has 9 heteroatoms. The van der Waals surface area contributed by atoms with E-state index in [0.717, 1.165) is 12.1 Å². The highest BCUT2D eigenvalue weighted by Crippen LogP contribution is 2.36. The van der Waals surface area contributed by atoms with E-state index in [1.54, 1.807) is 0 Å². The number of amides is 1. The van der Waals surface area contributed by atoms with Crippen LogP contribution >= 0.6 is 0 Å². The van der Waals surface area contributed by atoms with E-state index in [-0.39, 0.29) is 11.3 Å². The van der Waals surface area contributed by atoms with E-state index in [1.807, 2.05) is 0 Å². The molecule has 0 aliphatic heterocycles. The van der Waals surface area contributed by atoms with E-state index in [0.29, 0.717) is 18.5 Å². The number of carbonyl (C=O) groups excluding carboxylic acids is 1. The van der Waals surface area contributed by atoms with Gasteiger partial charge in [-0.1, -0.05) is 6.07 Å². The number of nitrogens with zero attached hydrogens (tertiary/aromatic N) is 2. The highest BCUT2D eigenvalue weighted by atomic mass is 19.4. The third kappa shape index (κ3) is 3.09. The summed E-state index contributed by atoms with van der Waals surface area (Å²) in [7, 11) is 0. The molecule has 0 bridgehead atoms. The van der Waals surface area contributed by atoms with Gasteiger partial charge in [-0.15, -0.1) is 0 Å². The third-order valence-electron chi connectivity index (χ3n) is 4.18. The minimum absolute atomic E-state index is 0.116. The third-order valence-corrected chi connectivity index (χ3v) is 4.18. The van der Waals surface area contributed by atoms with Crippen molar-refractivity contribution in [2.75, 3.05) is 0 Å². The maximum absolute atomic E-state index is 12.8. The van der Waals surface area contributed by atoms with E-state index < -0.39 is 29.2 Å². The van der Waals surface area contributed by atoms with Crippen molar-refractivity contribution in [3.05, 3.63) is 47.3 Å². The van der Waals surface area contributed by atoms with Gasteiger partial charge in [-0.05, 0) is 38.0 Å². The highest BCUT2D eigenvalue weighted by Gasteiger charge is 2.51. The van der Waals surface area contributed by atoms with E-state index >= 15 is 0 Å². The number of carbonyl (C=O) groups is 2. The molecule has 1 amide bonds. The first-order chi connectivity index (χ1) is 11.6. The topological polar surface area (TPSA) is 84.2 Å². The van der Waals surface area contributed by atoms with Crippen LogP contribution < -0.4 is 5.32 Å². The Hall–Kier alpha value is -2.84. The van der Waals surface area contributed by atoms with Crippen molar-refractivity contribution >= 4 is 11.9 Å². The van der Waals surface area contributed by atoms with Gasteiger partial charge in [0.2, 0.25) is 0 Å². The second-order valence-corrected chi connectivity index (χ2v) is 5.94. The molecule has 1 saturated carbocycles. The van der Waals surface area contributed by atoms with Crippen molar-refractivity contribution in [1.82, 2.24) is 15.1 Å². The first-order valence-corrected chi connectivity index (χ1v) is 7.42. The molecular weight excluding hydrogens is 339 g/mol. The predicted molar refractivity (Wildman–Crippen MR) is 80.4 cm³/mol. The quantitative estimate of drug-likeness (QED) is 0.885. The standard InChI is InChI=1S/C16H14F3N3O3/c1-9-12(13(23)21-15(5-6-15)14(24)25)8-20-22(9)11-4-2-3-10(7-11)16(17,18)19/h2-4,7-8H,5-6H2,1H3,(H,21,23)(H,24,25). The van der Waals surface area contributed by atoms with Gasteiger partial charge in [0.1, 0.15) is 5.54 Å². The molecule has 132 valence electrons. The summed E-state index contributed by atoms with van der Waals surface area (Å²) < 4.78 is 39.7. The normalized spacial score (nSPS) is 15.7. The van der Waals surface area contributed by atoms with Crippen molar-refractivity contribution in [2.45, 2.75) is 31.5 Å². The molecule has 0 atom stereocenters. The molecule has 25 heavy (non-hydrogen) atoms. The summed E-state index contributed by atoms with van der Waals surface area (Å²) >= 11 is 0. The zero-order valence-electron chi connectivity index (χ0n) is 13.1. The Labute approximate surface area is 140 Å². The van der Waals surface area contributed by atoms with E-state index in [4.69, 9.17) is 5.11 Å². The van der Waals surface area contributed by atoms with Gasteiger partial charge in [-0.2, -0.15) is 18.3 Å². The smallest absolute Gasteiger partial charge is 0.416 e. The summed E-state index contributed by atoms with van der Waals surface area (Å²) in [4.78, 5) is 23.4. The molecule has 6 nitrogen and oxygen atoms in total. The van der Waals surface area contributed by atoms with Crippen LogP contribution in [0, 0.1) is 6.92 Å². The van der Waals surface area contributed by atoms with Crippen LogP contribution in [0.25, 0.3) is 5.69 Å². The monoisotopic (exact) mass is 353 g/mol. The average molecular weight is 353 g/mol. The molecule has 0 saturated heterocycles. The lowest BCUT2D eigenvalue weighted by atomic mass is 10.1. The SMILES string of the molecule is Cc1c(C(=O)NC2(C(=O)O)CC2)cnn1-c1cccc(C(F)(F)F)c1. The molecular formula is C16H14F3N3O3. The van der Waals surface area contributed by atoms with Crippen LogP contribution in [0.5, 0.6) is 0 Å². The van der Waals surface area contributed by atoms with Gasteiger partial charge in [0.25, 0.3) is 5.91 Å². The maximum atomic E-state index is 12.8. The number of halogens is 3. The minimum atomic E-state index is -4.49. The van der Waals surface area contributed by atoms with E-state index in [2.05, 4.69) is 10.4 Å². The Balaban J connectivity index is 1.89. The molecule has 0 unspecified atom stereocenters. The van der Waals surface area contributed by atoms with Crippen LogP contribution in [0.3, 0.4) is 0 Å². The van der Waals surface area contributed by atoms with Gasteiger partial charge in [0.05, 0.1) is 28.7 Å². The Bertz CT molecular complexity index is 854. The lowest BCUT2D eigenvalue weighted by Crippen LogP contribution is -2.43. The summed E-state index contributed by atoms with van der Waals surface area (Å²) in [5.74, 6) is -1.72. The number of carboxylic acids is 1. The molecule has 0 spiro atoms. The van der Waals surface area contributed by atoms with Gasteiger partial charge in [-0.3, -0.25) is 4.79 Å². The molecule has 0 radical (unpaired) electrons. The Kier molecular flexibility index (Phi) is 3.81. The van der Waals surface area contributed by atoms with Crippen molar-refractivity contribution in [3.8, 4) is 5.69 Å². The molecule has 2 aromatic rings. The van der Waals surface area contributed by atoms with Crippen molar-refractivity contribution in [2.24, 2.45) is 0 Å². The largest absolute Gasteiger partial charge is 0.480 e. The second-order valence-electron chi connectivity index (χ2n) is 5.94. The van der Waals surface area contributed by atoms with Gasteiger partial charge >= 0.3 is 12.1 Å². The highest BCUT2D eigenvalue weighted by molar-refractivity contribution is 5.99. The van der Waals surface area contributed by atoms with Crippen LogP contribution in [0.4, 0.5) is 13.2 Å². The van der Waals surface area contributed by atoms with Crippen molar-refractivity contribution in [1.29, 1.82) is 0 Å². The predicted octanol–water partition coefficient (Wildman–Crippen LogP) is 2.55. The molecule has 3 rings (SSSR count). The van der Waals surface area contributed by atoms with Crippen molar-refractivity contribution in [3.63, 3.8) is 0 Å². The number of aliphatic carboxylic acids is 1. The van der Waals surface area contributed by atoms with Crippen LogP contribution in [0.15, 0.2) is 30.5 Å². The van der Waals surface area contributed by atoms with Crippen LogP contribution in [-0.4, -0.2) is 32.3 Å². The lowest BCUT2D eigenvalue weighted by molar-refractivity contribution is -0.140. The van der Waals surface area contributed by atoms with Crippen LogP contribution in [0.2, 0.25) is 0 Å². The Morgan fingerprint density at radius 3 is 2.56 bits per heavy atom. The molecule has 1 fully saturated rings. The molecule has 1 aliphatic rings. The number of rotatable bonds is 4. The molecule has 2 N–H and O–H groups in total. The van der Waals surface area contributed by atoms with Gasteiger partial charge < -0.3 is 10.4 Å². The Morgan fingerprint density at radius 2 is 2.00 bits per heavy atom. The summed E-state index contributed by atoms with van der Waals surface area (Å²) in [6.45, 7) is 1.53. The van der Waals surface area contributed by atoms with E-state index in [9.17, 15) is 22.8 Å².